The number of nitrogens with one attached hydrogen (secondary N) is 1. The zero-order valence-electron chi connectivity index (χ0n) is 27.0. The number of pyridine rings is 1. The van der Waals surface area contributed by atoms with Gasteiger partial charge in [0.15, 0.2) is 0 Å². The van der Waals surface area contributed by atoms with Crippen LogP contribution in [-0.2, 0) is 24.1 Å². The summed E-state index contributed by atoms with van der Waals surface area (Å²) in [5.41, 5.74) is 5.83. The van der Waals surface area contributed by atoms with Crippen molar-refractivity contribution < 1.29 is 14.1 Å². The highest BCUT2D eigenvalue weighted by atomic mass is 32.2. The topological polar surface area (TPSA) is 89.0 Å². The second kappa shape index (κ2) is 14.4. The van der Waals surface area contributed by atoms with Gasteiger partial charge in [0.05, 0.1) is 23.0 Å². The molecule has 1 fully saturated rings. The van der Waals surface area contributed by atoms with Gasteiger partial charge >= 0.3 is 0 Å². The summed E-state index contributed by atoms with van der Waals surface area (Å²) in [5, 5.41) is 13.3. The predicted molar refractivity (Wildman–Crippen MR) is 181 cm³/mol. The Morgan fingerprint density at radius 3 is 2.62 bits per heavy atom. The molecule has 238 valence electrons. The van der Waals surface area contributed by atoms with Gasteiger partial charge in [0.2, 0.25) is 0 Å². The molecule has 3 heterocycles. The second-order valence-corrected chi connectivity index (χ2v) is 15.4. The van der Waals surface area contributed by atoms with E-state index in [9.17, 15) is 14.1 Å². The van der Waals surface area contributed by atoms with E-state index < -0.39 is 15.7 Å². The fourth-order valence-corrected chi connectivity index (χ4v) is 7.45. The van der Waals surface area contributed by atoms with E-state index in [0.29, 0.717) is 30.9 Å². The van der Waals surface area contributed by atoms with Crippen LogP contribution in [0.3, 0.4) is 0 Å². The summed E-state index contributed by atoms with van der Waals surface area (Å²) in [7, 11) is 2.63. The molecular formula is C36H45N5O3S. The largest absolute Gasteiger partial charge is 0.396 e. The van der Waals surface area contributed by atoms with E-state index >= 15 is 0 Å². The lowest BCUT2D eigenvalue weighted by molar-refractivity contribution is 0.0932. The summed E-state index contributed by atoms with van der Waals surface area (Å²) in [5.74, 6) is 6.23. The summed E-state index contributed by atoms with van der Waals surface area (Å²) in [6, 6.07) is 19.9. The van der Waals surface area contributed by atoms with Gasteiger partial charge in [-0.3, -0.25) is 14.6 Å². The number of aliphatic hydroxyl groups excluding tert-OH is 1. The summed E-state index contributed by atoms with van der Waals surface area (Å²) in [4.78, 5) is 23.1. The van der Waals surface area contributed by atoms with Crippen molar-refractivity contribution in [1.29, 1.82) is 0 Å². The van der Waals surface area contributed by atoms with Crippen molar-refractivity contribution in [2.75, 3.05) is 40.3 Å². The quantitative estimate of drug-likeness (QED) is 0.343. The van der Waals surface area contributed by atoms with E-state index in [0.717, 1.165) is 48.3 Å². The average molecular weight is 628 g/mol. The molecule has 45 heavy (non-hydrogen) atoms. The lowest BCUT2D eigenvalue weighted by Crippen LogP contribution is -2.37. The summed E-state index contributed by atoms with van der Waals surface area (Å²) in [6.07, 6.45) is 1.29. The Hall–Kier alpha value is -3.39. The number of aliphatic hydroxyl groups is 1. The van der Waals surface area contributed by atoms with Crippen LogP contribution in [0.15, 0.2) is 60.7 Å². The highest BCUT2D eigenvalue weighted by Crippen LogP contribution is 2.44. The maximum absolute atomic E-state index is 13.8. The first-order chi connectivity index (χ1) is 21.5. The third-order valence-corrected chi connectivity index (χ3v) is 10.0. The predicted octanol–water partition coefficient (Wildman–Crippen LogP) is 4.37. The van der Waals surface area contributed by atoms with Crippen LogP contribution in [0.25, 0.3) is 11.3 Å². The van der Waals surface area contributed by atoms with E-state index in [-0.39, 0.29) is 24.6 Å². The smallest absolute Gasteiger partial charge is 0.270 e. The molecule has 3 atom stereocenters. The van der Waals surface area contributed by atoms with Crippen molar-refractivity contribution in [1.82, 2.24) is 24.4 Å². The molecule has 0 unspecified atom stereocenters. The lowest BCUT2D eigenvalue weighted by atomic mass is 9.95. The maximum Gasteiger partial charge on any atom is 0.270 e. The van der Waals surface area contributed by atoms with Crippen LogP contribution in [0, 0.1) is 11.8 Å². The third-order valence-electron chi connectivity index (χ3n) is 8.14. The Morgan fingerprint density at radius 1 is 1.13 bits per heavy atom. The monoisotopic (exact) mass is 627 g/mol. The number of benzene rings is 2. The van der Waals surface area contributed by atoms with Gasteiger partial charge in [0, 0.05) is 55.5 Å². The van der Waals surface area contributed by atoms with Crippen LogP contribution in [0.2, 0.25) is 0 Å². The molecule has 3 aromatic rings. The molecule has 0 aliphatic carbocycles. The van der Waals surface area contributed by atoms with Gasteiger partial charge in [-0.05, 0) is 77.0 Å². The van der Waals surface area contributed by atoms with Crippen molar-refractivity contribution in [2.45, 2.75) is 63.5 Å². The molecule has 8 nitrogen and oxygen atoms in total. The molecule has 1 amide bonds. The Labute approximate surface area is 270 Å². The Kier molecular flexibility index (Phi) is 10.5. The number of amides is 1. The normalized spacial score (nSPS) is 19.3. The number of aromatic nitrogens is 1. The van der Waals surface area contributed by atoms with Crippen LogP contribution in [-0.4, -0.2) is 85.4 Å². The highest BCUT2D eigenvalue weighted by molar-refractivity contribution is 7.84. The zero-order valence-corrected chi connectivity index (χ0v) is 27.9. The van der Waals surface area contributed by atoms with Crippen LogP contribution >= 0.6 is 0 Å². The van der Waals surface area contributed by atoms with Crippen LogP contribution in [0.5, 0.6) is 0 Å². The summed E-state index contributed by atoms with van der Waals surface area (Å²) < 4.78 is 15.2. The highest BCUT2D eigenvalue weighted by Gasteiger charge is 2.40. The molecule has 0 radical (unpaired) electrons. The van der Waals surface area contributed by atoms with Gasteiger partial charge in [-0.1, -0.05) is 54.3 Å². The SMILES string of the molecule is CN(C)CC#Cc1cccc(-c2nc(C(=O)N[C@@H]3CCN(Cc4ccccc4)C3)cc3c2[C@@H](CCO)N([S@@](=O)C(C)(C)C)C3)c1. The van der Waals surface area contributed by atoms with Crippen molar-refractivity contribution in [3.05, 3.63) is 88.6 Å². The number of likely N-dealkylation sites (tertiary alicyclic amines) is 1. The minimum absolute atomic E-state index is 0.0297. The first-order valence-electron chi connectivity index (χ1n) is 15.7. The van der Waals surface area contributed by atoms with Crippen LogP contribution in [0.1, 0.15) is 72.4 Å². The van der Waals surface area contributed by atoms with Crippen LogP contribution < -0.4 is 5.32 Å². The molecule has 0 saturated carbocycles. The first kappa shape index (κ1) is 33.0. The van der Waals surface area contributed by atoms with Gasteiger partial charge in [-0.15, -0.1) is 0 Å². The fraction of sp³-hybridized carbons (Fsp3) is 0.444. The van der Waals surface area contributed by atoms with Crippen molar-refractivity contribution in [3.63, 3.8) is 0 Å². The molecule has 2 aliphatic rings. The van der Waals surface area contributed by atoms with E-state index in [4.69, 9.17) is 4.98 Å². The molecule has 0 spiro atoms. The van der Waals surface area contributed by atoms with E-state index in [2.05, 4.69) is 46.3 Å². The lowest BCUT2D eigenvalue weighted by Gasteiger charge is -2.30. The number of carbonyl (C=O) groups is 1. The van der Waals surface area contributed by atoms with Crippen molar-refractivity contribution in [3.8, 4) is 23.1 Å². The Bertz CT molecular complexity index is 1590. The molecule has 9 heteroatoms. The van der Waals surface area contributed by atoms with Crippen molar-refractivity contribution in [2.24, 2.45) is 0 Å². The number of fused-ring (bicyclic) bond motifs is 1. The molecule has 0 bridgehead atoms. The molecule has 5 rings (SSSR count). The van der Waals surface area contributed by atoms with E-state index in [1.54, 1.807) is 0 Å². The van der Waals surface area contributed by atoms with Gasteiger partial charge in [0.1, 0.15) is 16.7 Å². The molecule has 1 saturated heterocycles. The maximum atomic E-state index is 13.8. The average Bonchev–Trinajstić information content (AvgIpc) is 3.60. The van der Waals surface area contributed by atoms with Crippen molar-refractivity contribution >= 4 is 16.9 Å². The first-order valence-corrected chi connectivity index (χ1v) is 16.8. The van der Waals surface area contributed by atoms with Gasteiger partial charge in [-0.25, -0.2) is 13.5 Å². The number of nitrogens with zero attached hydrogens (tertiary/aromatic N) is 4. The Morgan fingerprint density at radius 2 is 1.91 bits per heavy atom. The molecule has 2 aromatic carbocycles. The third kappa shape index (κ3) is 8.07. The molecule has 2 N–H and O–H groups in total. The second-order valence-electron chi connectivity index (χ2n) is 13.2. The number of rotatable bonds is 9. The number of hydrogen-bond donors (Lipinski definition) is 2. The van der Waals surface area contributed by atoms with E-state index in [1.807, 2.05) is 80.5 Å². The zero-order chi connectivity index (χ0) is 32.1. The van der Waals surface area contributed by atoms with Gasteiger partial charge < -0.3 is 10.4 Å². The standard InChI is InChI=1S/C36H45N5O3S/c1-36(2,3)45(44)41-24-29-22-31(35(43)37-30-16-19-40(25-30)23-27-11-7-6-8-12-27)38-34(33(29)32(41)17-20-42)28-15-9-13-26(21-28)14-10-18-39(4)5/h6-9,11-13,15,21-22,30,32,42H,16-20,23-25H2,1-5H3,(H,37,43)/t30-,32-,45+/m1/s1. The number of carbonyl (C=O) groups excluding carboxylic acids is 1. The minimum Gasteiger partial charge on any atom is -0.396 e. The van der Waals surface area contributed by atoms with Crippen LogP contribution in [0.4, 0.5) is 0 Å². The molecular weight excluding hydrogens is 582 g/mol. The summed E-state index contributed by atoms with van der Waals surface area (Å²) in [6.45, 7) is 9.43. The van der Waals surface area contributed by atoms with Gasteiger partial charge in [0.25, 0.3) is 5.91 Å². The molecule has 2 aliphatic heterocycles. The number of hydrogen-bond acceptors (Lipinski definition) is 6. The minimum atomic E-state index is -1.33. The van der Waals surface area contributed by atoms with Gasteiger partial charge in [-0.2, -0.15) is 0 Å². The fourth-order valence-electron chi connectivity index (χ4n) is 6.04. The molecule has 1 aromatic heterocycles. The Balaban J connectivity index is 1.47. The summed E-state index contributed by atoms with van der Waals surface area (Å²) >= 11 is 0. The van der Waals surface area contributed by atoms with E-state index in [1.165, 1.54) is 5.56 Å².